The van der Waals surface area contributed by atoms with Gasteiger partial charge < -0.3 is 40.2 Å². The summed E-state index contributed by atoms with van der Waals surface area (Å²) in [6.07, 6.45) is 7.03. The minimum Gasteiger partial charge on any atom is -0.456 e. The summed E-state index contributed by atoms with van der Waals surface area (Å²) < 4.78 is 19.2. The van der Waals surface area contributed by atoms with Crippen molar-refractivity contribution in [3.05, 3.63) is 76.2 Å². The van der Waals surface area contributed by atoms with Crippen molar-refractivity contribution in [2.75, 3.05) is 49.6 Å². The highest BCUT2D eigenvalue weighted by molar-refractivity contribution is 6.02. The van der Waals surface area contributed by atoms with Gasteiger partial charge in [-0.3, -0.25) is 14.0 Å². The molecule has 0 unspecified atom stereocenters. The SMILES string of the molecule is NC(=O)c1c(Cc2cc(-c3coc4c(=O)cc(N5CCOCC5)oc34)c3[nH]ccc3c2)nc(NCC[NH3+])n2ccnc12. The predicted octanol–water partition coefficient (Wildman–Crippen LogP) is 1.76. The van der Waals surface area contributed by atoms with Gasteiger partial charge in [0.1, 0.15) is 11.8 Å². The van der Waals surface area contributed by atoms with Gasteiger partial charge in [0.15, 0.2) is 17.1 Å². The number of quaternary nitrogens is 1. The van der Waals surface area contributed by atoms with E-state index >= 15 is 0 Å². The van der Waals surface area contributed by atoms with Gasteiger partial charge in [0, 0.05) is 49.1 Å². The second-order valence-corrected chi connectivity index (χ2v) is 10.1. The van der Waals surface area contributed by atoms with Gasteiger partial charge in [0.2, 0.25) is 17.0 Å². The fourth-order valence-corrected chi connectivity index (χ4v) is 5.53. The van der Waals surface area contributed by atoms with Gasteiger partial charge in [-0.05, 0) is 23.8 Å². The Kier molecular flexibility index (Phi) is 6.36. The molecule has 1 aliphatic rings. The first kappa shape index (κ1) is 25.8. The van der Waals surface area contributed by atoms with Crippen LogP contribution in [0.4, 0.5) is 11.8 Å². The van der Waals surface area contributed by atoms with Crippen LogP contribution in [0.25, 0.3) is 38.8 Å². The fourth-order valence-electron chi connectivity index (χ4n) is 5.53. The number of H-pyrrole nitrogens is 1. The summed E-state index contributed by atoms with van der Waals surface area (Å²) in [5.74, 6) is 0.411. The smallest absolute Gasteiger partial charge is 0.254 e. The number of imidazole rings is 1. The molecule has 1 amide bonds. The number of nitrogens with two attached hydrogens (primary N) is 1. The van der Waals surface area contributed by atoms with Crippen LogP contribution in [0.1, 0.15) is 21.6 Å². The third-order valence-electron chi connectivity index (χ3n) is 7.46. The van der Waals surface area contributed by atoms with E-state index in [9.17, 15) is 9.59 Å². The average Bonchev–Trinajstić information content (AvgIpc) is 3.76. The number of fused-ring (bicyclic) bond motifs is 3. The lowest BCUT2D eigenvalue weighted by Gasteiger charge is -2.26. The van der Waals surface area contributed by atoms with E-state index in [0.29, 0.717) is 80.1 Å². The number of morpholine rings is 1. The van der Waals surface area contributed by atoms with Crippen molar-refractivity contribution in [2.24, 2.45) is 5.73 Å². The van der Waals surface area contributed by atoms with E-state index in [0.717, 1.165) is 22.0 Å². The van der Waals surface area contributed by atoms with Crippen LogP contribution in [0.3, 0.4) is 0 Å². The molecule has 214 valence electrons. The number of carbonyl (C=O) groups excluding carboxylic acids is 1. The summed E-state index contributed by atoms with van der Waals surface area (Å²) in [5, 5.41) is 4.19. The minimum absolute atomic E-state index is 0.149. The summed E-state index contributed by atoms with van der Waals surface area (Å²) in [7, 11) is 0. The number of anilines is 2. The normalized spacial score (nSPS) is 13.9. The first-order chi connectivity index (χ1) is 20.5. The first-order valence-electron chi connectivity index (χ1n) is 13.7. The molecule has 13 nitrogen and oxygen atoms in total. The number of aromatic nitrogens is 4. The van der Waals surface area contributed by atoms with Crippen LogP contribution in [0.5, 0.6) is 0 Å². The van der Waals surface area contributed by atoms with Crippen molar-refractivity contribution >= 4 is 45.5 Å². The number of aromatic amines is 1. The van der Waals surface area contributed by atoms with Gasteiger partial charge in [-0.1, -0.05) is 0 Å². The highest BCUT2D eigenvalue weighted by atomic mass is 16.5. The van der Waals surface area contributed by atoms with E-state index in [1.807, 2.05) is 29.3 Å². The van der Waals surface area contributed by atoms with Crippen LogP contribution in [0.15, 0.2) is 62.7 Å². The summed E-state index contributed by atoms with van der Waals surface area (Å²) in [6.45, 7) is 3.62. The van der Waals surface area contributed by atoms with Gasteiger partial charge in [0.25, 0.3) is 5.91 Å². The Bertz CT molecular complexity index is 2010. The number of hydrogen-bond acceptors (Lipinski definition) is 9. The maximum Gasteiger partial charge on any atom is 0.254 e. The molecule has 7 N–H and O–H groups in total. The molecule has 0 aliphatic carbocycles. The molecule has 0 radical (unpaired) electrons. The predicted molar refractivity (Wildman–Crippen MR) is 156 cm³/mol. The zero-order chi connectivity index (χ0) is 28.8. The van der Waals surface area contributed by atoms with Crippen LogP contribution in [-0.2, 0) is 11.2 Å². The third kappa shape index (κ3) is 4.35. The van der Waals surface area contributed by atoms with Crippen LogP contribution in [-0.4, -0.2) is 64.7 Å². The Morgan fingerprint density at radius 2 is 2.02 bits per heavy atom. The van der Waals surface area contributed by atoms with Crippen LogP contribution < -0.4 is 27.1 Å². The Morgan fingerprint density at radius 3 is 2.83 bits per heavy atom. The molecule has 0 bridgehead atoms. The molecule has 1 aromatic carbocycles. The topological polar surface area (TPSA) is 185 Å². The zero-order valence-corrected chi connectivity index (χ0v) is 22.7. The number of amides is 1. The maximum absolute atomic E-state index is 13.0. The Labute approximate surface area is 238 Å². The van der Waals surface area contributed by atoms with Gasteiger partial charge in [0.05, 0.1) is 49.1 Å². The summed E-state index contributed by atoms with van der Waals surface area (Å²) in [4.78, 5) is 40.1. The number of hydrogen-bond donors (Lipinski definition) is 4. The zero-order valence-electron chi connectivity index (χ0n) is 22.7. The Hall–Kier alpha value is -5.14. The van der Waals surface area contributed by atoms with Crippen molar-refractivity contribution in [3.63, 3.8) is 0 Å². The number of nitrogens with one attached hydrogen (secondary N) is 2. The van der Waals surface area contributed by atoms with Crippen molar-refractivity contribution in [1.29, 1.82) is 0 Å². The molecule has 1 aliphatic heterocycles. The molecule has 1 saturated heterocycles. The van der Waals surface area contributed by atoms with Crippen LogP contribution in [0, 0.1) is 0 Å². The van der Waals surface area contributed by atoms with Crippen molar-refractivity contribution in [1.82, 2.24) is 19.4 Å². The number of ether oxygens (including phenoxy) is 1. The molecule has 0 spiro atoms. The van der Waals surface area contributed by atoms with Crippen LogP contribution in [0.2, 0.25) is 0 Å². The van der Waals surface area contributed by atoms with Crippen molar-refractivity contribution < 1.29 is 24.1 Å². The third-order valence-corrected chi connectivity index (χ3v) is 7.46. The van der Waals surface area contributed by atoms with E-state index in [1.54, 1.807) is 23.1 Å². The summed E-state index contributed by atoms with van der Waals surface area (Å²) in [5.41, 5.74) is 14.3. The summed E-state index contributed by atoms with van der Waals surface area (Å²) in [6, 6.07) is 7.43. The van der Waals surface area contributed by atoms with E-state index in [1.165, 1.54) is 6.07 Å². The lowest BCUT2D eigenvalue weighted by atomic mass is 9.97. The second kappa shape index (κ2) is 10.4. The highest BCUT2D eigenvalue weighted by Gasteiger charge is 2.23. The highest BCUT2D eigenvalue weighted by Crippen LogP contribution is 2.37. The summed E-state index contributed by atoms with van der Waals surface area (Å²) >= 11 is 0. The fraction of sp³-hybridized carbons (Fsp3) is 0.241. The number of carbonyl (C=O) groups is 1. The second-order valence-electron chi connectivity index (χ2n) is 10.1. The molecule has 0 saturated carbocycles. The Morgan fingerprint density at radius 1 is 1.17 bits per heavy atom. The standard InChI is InChI=1S/C29H28N8O5/c30-2-4-34-29-35-20(23(27(31)39)28-33-5-6-37(28)29)13-16-11-17-1-3-32-24(17)18(12-16)19-15-41-26-21(38)14-22(42-25(19)26)36-7-9-40-10-8-36/h1,3,5-6,11-12,14-15,32H,2,4,7-10,13,30H2,(H2,31,39)(H,34,35)/p+1. The van der Waals surface area contributed by atoms with Gasteiger partial charge in [-0.25, -0.2) is 9.97 Å². The Balaban J connectivity index is 1.36. The largest absolute Gasteiger partial charge is 0.456 e. The molecule has 1 fully saturated rings. The molecule has 6 heterocycles. The quantitative estimate of drug-likeness (QED) is 0.212. The number of benzene rings is 1. The molecule has 0 atom stereocenters. The monoisotopic (exact) mass is 569 g/mol. The number of furan rings is 1. The molecule has 42 heavy (non-hydrogen) atoms. The lowest BCUT2D eigenvalue weighted by molar-refractivity contribution is -0.362. The maximum atomic E-state index is 13.0. The van der Waals surface area contributed by atoms with E-state index in [-0.39, 0.29) is 16.6 Å². The van der Waals surface area contributed by atoms with Gasteiger partial charge in [-0.2, -0.15) is 0 Å². The number of primary amides is 1. The van der Waals surface area contributed by atoms with Gasteiger partial charge in [-0.15, -0.1) is 0 Å². The average molecular weight is 570 g/mol. The molecule has 6 aromatic rings. The number of nitrogens with zero attached hydrogens (tertiary/aromatic N) is 4. The molecule has 13 heteroatoms. The van der Waals surface area contributed by atoms with E-state index in [4.69, 9.17) is 24.3 Å². The lowest BCUT2D eigenvalue weighted by Crippen LogP contribution is -2.53. The van der Waals surface area contributed by atoms with E-state index in [2.05, 4.69) is 21.0 Å². The van der Waals surface area contributed by atoms with Crippen molar-refractivity contribution in [2.45, 2.75) is 6.42 Å². The molecule has 7 rings (SSSR count). The molecular formula is C29H29N8O5+. The molecule has 5 aromatic heterocycles. The van der Waals surface area contributed by atoms with Gasteiger partial charge >= 0.3 is 0 Å². The molecular weight excluding hydrogens is 540 g/mol. The number of rotatable bonds is 8. The minimum atomic E-state index is -0.612. The van der Waals surface area contributed by atoms with Crippen molar-refractivity contribution in [3.8, 4) is 11.1 Å². The van der Waals surface area contributed by atoms with E-state index < -0.39 is 5.91 Å². The van der Waals surface area contributed by atoms with Crippen LogP contribution >= 0.6 is 0 Å². The first-order valence-corrected chi connectivity index (χ1v) is 13.7.